The Hall–Kier alpha value is -3.40. The van der Waals surface area contributed by atoms with Gasteiger partial charge in [0.25, 0.3) is 11.1 Å². The molecule has 3 rings (SSSR count). The summed E-state index contributed by atoms with van der Waals surface area (Å²) in [5.74, 6) is 0.989. The average molecular weight is 500 g/mol. The Kier molecular flexibility index (Phi) is 8.50. The molecule has 0 atom stereocenters. The van der Waals surface area contributed by atoms with Crippen molar-refractivity contribution in [2.24, 2.45) is 0 Å². The maximum atomic E-state index is 13.0. The number of hydrogen-bond acceptors (Lipinski definition) is 9. The number of carbonyl (C=O) groups is 1. The lowest BCUT2D eigenvalue weighted by atomic mass is 9.86. The van der Waals surface area contributed by atoms with Crippen molar-refractivity contribution in [2.75, 3.05) is 31.4 Å². The SMILES string of the molecule is CCCCNc1nc(OC)c(NC(=O)c2csc(Oc3cc(C(C)(C)C)ccc3C)n2)c(OC)n1. The monoisotopic (exact) mass is 499 g/mol. The molecule has 0 bridgehead atoms. The molecule has 10 heteroatoms. The van der Waals surface area contributed by atoms with Crippen molar-refractivity contribution in [2.45, 2.75) is 52.9 Å². The Bertz CT molecular complexity index is 1150. The second-order valence-electron chi connectivity index (χ2n) is 9.01. The van der Waals surface area contributed by atoms with E-state index in [0.717, 1.165) is 24.0 Å². The number of hydrogen-bond donors (Lipinski definition) is 2. The summed E-state index contributed by atoms with van der Waals surface area (Å²) in [6, 6.07) is 6.13. The third-order valence-corrected chi connectivity index (χ3v) is 5.97. The number of rotatable bonds is 10. The van der Waals surface area contributed by atoms with E-state index < -0.39 is 5.91 Å². The number of amides is 1. The molecule has 0 aliphatic heterocycles. The van der Waals surface area contributed by atoms with Gasteiger partial charge in [-0.25, -0.2) is 0 Å². The lowest BCUT2D eigenvalue weighted by molar-refractivity contribution is 0.102. The van der Waals surface area contributed by atoms with E-state index in [1.807, 2.05) is 19.1 Å². The van der Waals surface area contributed by atoms with Gasteiger partial charge in [-0.3, -0.25) is 4.79 Å². The van der Waals surface area contributed by atoms with Gasteiger partial charge in [0.2, 0.25) is 17.7 Å². The zero-order chi connectivity index (χ0) is 25.6. The smallest absolute Gasteiger partial charge is 0.279 e. The third-order valence-electron chi connectivity index (χ3n) is 5.25. The molecule has 35 heavy (non-hydrogen) atoms. The van der Waals surface area contributed by atoms with Crippen LogP contribution < -0.4 is 24.8 Å². The summed E-state index contributed by atoms with van der Waals surface area (Å²) < 4.78 is 16.8. The van der Waals surface area contributed by atoms with E-state index in [0.29, 0.717) is 23.4 Å². The molecule has 2 N–H and O–H groups in total. The first-order chi connectivity index (χ1) is 16.7. The molecule has 1 aromatic carbocycles. The first-order valence-corrected chi connectivity index (χ1v) is 12.3. The number of nitrogens with one attached hydrogen (secondary N) is 2. The van der Waals surface area contributed by atoms with Crippen molar-refractivity contribution in [1.29, 1.82) is 0 Å². The molecule has 2 heterocycles. The second-order valence-corrected chi connectivity index (χ2v) is 9.83. The van der Waals surface area contributed by atoms with E-state index in [9.17, 15) is 4.79 Å². The van der Waals surface area contributed by atoms with E-state index in [2.05, 4.69) is 59.3 Å². The quantitative estimate of drug-likeness (QED) is 0.336. The molecule has 188 valence electrons. The molecule has 0 unspecified atom stereocenters. The molecule has 0 aliphatic carbocycles. The number of thiazole rings is 1. The lowest BCUT2D eigenvalue weighted by Gasteiger charge is -2.20. The second kappa shape index (κ2) is 11.4. The fraction of sp³-hybridized carbons (Fsp3) is 0.440. The van der Waals surface area contributed by atoms with Crippen molar-refractivity contribution in [1.82, 2.24) is 15.0 Å². The lowest BCUT2D eigenvalue weighted by Crippen LogP contribution is -2.16. The predicted octanol–water partition coefficient (Wildman–Crippen LogP) is 5.81. The standard InChI is InChI=1S/C25H33N5O4S/c1-8-9-12-26-23-29-21(32-6)19(22(30-23)33-7)28-20(31)17-14-35-24(27-17)34-18-13-16(25(3,4)5)11-10-15(18)2/h10-11,13-14H,8-9,12H2,1-7H3,(H,28,31)(H,26,29,30). The van der Waals surface area contributed by atoms with E-state index in [4.69, 9.17) is 14.2 Å². The third kappa shape index (κ3) is 6.60. The molecule has 9 nitrogen and oxygen atoms in total. The highest BCUT2D eigenvalue weighted by Crippen LogP contribution is 2.35. The van der Waals surface area contributed by atoms with Gasteiger partial charge in [-0.2, -0.15) is 15.0 Å². The molecule has 0 radical (unpaired) electrons. The predicted molar refractivity (Wildman–Crippen MR) is 139 cm³/mol. The van der Waals surface area contributed by atoms with Gasteiger partial charge >= 0.3 is 0 Å². The molecule has 0 saturated heterocycles. The van der Waals surface area contributed by atoms with Crippen molar-refractivity contribution < 1.29 is 19.0 Å². The number of ether oxygens (including phenoxy) is 3. The van der Waals surface area contributed by atoms with Crippen molar-refractivity contribution in [3.8, 4) is 22.7 Å². The zero-order valence-corrected chi connectivity index (χ0v) is 22.1. The van der Waals surface area contributed by atoms with Gasteiger partial charge in [-0.15, -0.1) is 0 Å². The van der Waals surface area contributed by atoms with E-state index in [1.54, 1.807) is 5.38 Å². The van der Waals surface area contributed by atoms with Gasteiger partial charge in [0, 0.05) is 11.9 Å². The van der Waals surface area contributed by atoms with E-state index >= 15 is 0 Å². The van der Waals surface area contributed by atoms with Crippen LogP contribution in [-0.2, 0) is 5.41 Å². The summed E-state index contributed by atoms with van der Waals surface area (Å²) in [7, 11) is 2.94. The van der Waals surface area contributed by atoms with Crippen molar-refractivity contribution >= 4 is 28.9 Å². The first-order valence-electron chi connectivity index (χ1n) is 11.5. The molecular formula is C25H33N5O4S. The van der Waals surface area contributed by atoms with Crippen LogP contribution in [0.2, 0.25) is 0 Å². The maximum Gasteiger partial charge on any atom is 0.279 e. The van der Waals surface area contributed by atoms with Crippen molar-refractivity contribution in [3.63, 3.8) is 0 Å². The van der Waals surface area contributed by atoms with E-state index in [-0.39, 0.29) is 28.6 Å². The Morgan fingerprint density at radius 1 is 1.09 bits per heavy atom. The Morgan fingerprint density at radius 2 is 1.77 bits per heavy atom. The number of unbranched alkanes of at least 4 members (excludes halogenated alkanes) is 1. The molecule has 0 spiro atoms. The number of methoxy groups -OCH3 is 2. The number of aryl methyl sites for hydroxylation is 1. The van der Waals surface area contributed by atoms with Crippen LogP contribution in [0.3, 0.4) is 0 Å². The van der Waals surface area contributed by atoms with Gasteiger partial charge in [-0.05, 0) is 36.0 Å². The number of anilines is 2. The Morgan fingerprint density at radius 3 is 2.37 bits per heavy atom. The average Bonchev–Trinajstić information content (AvgIpc) is 3.29. The van der Waals surface area contributed by atoms with Crippen molar-refractivity contribution in [3.05, 3.63) is 40.4 Å². The summed E-state index contributed by atoms with van der Waals surface area (Å²) >= 11 is 1.24. The summed E-state index contributed by atoms with van der Waals surface area (Å²) in [5.41, 5.74) is 2.55. The molecule has 0 aliphatic rings. The molecule has 3 aromatic rings. The minimum atomic E-state index is -0.455. The number of benzene rings is 1. The Balaban J connectivity index is 1.78. The van der Waals surface area contributed by atoms with Gasteiger partial charge in [0.05, 0.1) is 14.2 Å². The maximum absolute atomic E-state index is 13.0. The van der Waals surface area contributed by atoms with Gasteiger partial charge in [-0.1, -0.05) is 57.6 Å². The molecule has 1 amide bonds. The minimum Gasteiger partial charge on any atom is -0.479 e. The van der Waals surface area contributed by atoms with Gasteiger partial charge in [0.15, 0.2) is 5.69 Å². The molecule has 0 saturated carbocycles. The van der Waals surface area contributed by atoms with Crippen LogP contribution in [-0.4, -0.2) is 41.6 Å². The fourth-order valence-corrected chi connectivity index (χ4v) is 3.80. The minimum absolute atomic E-state index is 0.0129. The van der Waals surface area contributed by atoms with E-state index in [1.165, 1.54) is 25.6 Å². The summed E-state index contributed by atoms with van der Waals surface area (Å²) in [6.07, 6.45) is 2.01. The largest absolute Gasteiger partial charge is 0.479 e. The van der Waals surface area contributed by atoms with Crippen LogP contribution in [0, 0.1) is 6.92 Å². The normalized spacial score (nSPS) is 11.2. The van der Waals surface area contributed by atoms with Crippen LogP contribution in [0.1, 0.15) is 62.2 Å². The summed E-state index contributed by atoms with van der Waals surface area (Å²) in [4.78, 5) is 26.0. The van der Waals surface area contributed by atoms with Crippen LogP contribution in [0.25, 0.3) is 0 Å². The number of nitrogens with zero attached hydrogens (tertiary/aromatic N) is 3. The fourth-order valence-electron chi connectivity index (χ4n) is 3.14. The molecular weight excluding hydrogens is 466 g/mol. The highest BCUT2D eigenvalue weighted by atomic mass is 32.1. The highest BCUT2D eigenvalue weighted by molar-refractivity contribution is 7.11. The summed E-state index contributed by atoms with van der Waals surface area (Å²) in [5, 5.41) is 7.89. The first kappa shape index (κ1) is 26.2. The Labute approximate surface area is 210 Å². The topological polar surface area (TPSA) is 107 Å². The van der Waals surface area contributed by atoms with Gasteiger partial charge < -0.3 is 24.8 Å². The van der Waals surface area contributed by atoms with Crippen LogP contribution >= 0.6 is 11.3 Å². The van der Waals surface area contributed by atoms with Gasteiger partial charge in [0.1, 0.15) is 11.4 Å². The number of aromatic nitrogens is 3. The van der Waals surface area contributed by atoms with Crippen LogP contribution in [0.15, 0.2) is 23.6 Å². The number of carbonyl (C=O) groups excluding carboxylic acids is 1. The highest BCUT2D eigenvalue weighted by Gasteiger charge is 2.22. The molecule has 2 aromatic heterocycles. The van der Waals surface area contributed by atoms with Crippen LogP contribution in [0.4, 0.5) is 11.6 Å². The zero-order valence-electron chi connectivity index (χ0n) is 21.3. The van der Waals surface area contributed by atoms with Crippen LogP contribution in [0.5, 0.6) is 22.7 Å². The summed E-state index contributed by atoms with van der Waals surface area (Å²) in [6.45, 7) is 11.2. The molecule has 0 fully saturated rings.